The van der Waals surface area contributed by atoms with E-state index in [1.54, 1.807) is 12.4 Å². The van der Waals surface area contributed by atoms with Crippen LogP contribution in [0.2, 0.25) is 0 Å². The highest BCUT2D eigenvalue weighted by atomic mass is 32.1. The average molecular weight is 260 g/mol. The lowest BCUT2D eigenvalue weighted by Gasteiger charge is -2.35. The van der Waals surface area contributed by atoms with Crippen molar-refractivity contribution in [2.24, 2.45) is 0 Å². The quantitative estimate of drug-likeness (QED) is 0.921. The smallest absolute Gasteiger partial charge is 0.315 e. The zero-order valence-corrected chi connectivity index (χ0v) is 10.5. The van der Waals surface area contributed by atoms with E-state index in [0.29, 0.717) is 18.5 Å². The van der Waals surface area contributed by atoms with E-state index in [1.165, 1.54) is 11.3 Å². The van der Waals surface area contributed by atoms with Crippen LogP contribution in [0.3, 0.4) is 0 Å². The Kier molecular flexibility index (Phi) is 2.63. The summed E-state index contributed by atoms with van der Waals surface area (Å²) in [5.74, 6) is -0.750. The Labute approximate surface area is 108 Å². The number of thiazole rings is 1. The number of hydrogen-bond donors (Lipinski definition) is 1. The molecule has 2 aromatic rings. The van der Waals surface area contributed by atoms with Gasteiger partial charge in [0.25, 0.3) is 0 Å². The maximum absolute atomic E-state index is 11.4. The highest BCUT2D eigenvalue weighted by molar-refractivity contribution is 7.13. The van der Waals surface area contributed by atoms with E-state index >= 15 is 0 Å². The summed E-state index contributed by atoms with van der Waals surface area (Å²) < 4.78 is 0. The fraction of sp³-hybridized carbons (Fsp3) is 0.308. The zero-order chi connectivity index (χ0) is 12.6. The lowest BCUT2D eigenvalue weighted by atomic mass is 9.67. The van der Waals surface area contributed by atoms with Gasteiger partial charge in [-0.3, -0.25) is 9.78 Å². The minimum atomic E-state index is -0.750. The highest BCUT2D eigenvalue weighted by Crippen LogP contribution is 2.44. The lowest BCUT2D eigenvalue weighted by molar-refractivity contribution is -0.147. The summed E-state index contributed by atoms with van der Waals surface area (Å²) in [4.78, 5) is 19.9. The van der Waals surface area contributed by atoms with Gasteiger partial charge in [-0.2, -0.15) is 0 Å². The second kappa shape index (κ2) is 4.17. The summed E-state index contributed by atoms with van der Waals surface area (Å²) in [5.41, 5.74) is 0.959. The number of pyridine rings is 1. The van der Waals surface area contributed by atoms with Crippen LogP contribution in [0.25, 0.3) is 10.6 Å². The Bertz CT molecular complexity index is 576. The normalized spacial score (nSPS) is 17.1. The van der Waals surface area contributed by atoms with Gasteiger partial charge >= 0.3 is 5.97 Å². The molecule has 0 unspecified atom stereocenters. The molecular formula is C13H12N2O2S. The van der Waals surface area contributed by atoms with Crippen molar-refractivity contribution in [2.45, 2.75) is 24.7 Å². The lowest BCUT2D eigenvalue weighted by Crippen LogP contribution is -2.42. The summed E-state index contributed by atoms with van der Waals surface area (Å²) >= 11 is 1.49. The third kappa shape index (κ3) is 1.62. The molecule has 2 heterocycles. The van der Waals surface area contributed by atoms with Gasteiger partial charge in [0, 0.05) is 23.3 Å². The van der Waals surface area contributed by atoms with E-state index in [4.69, 9.17) is 0 Å². The molecule has 1 N–H and O–H groups in total. The SMILES string of the molecule is O=C(O)C1(c2csc(-c3ccncc3)n2)CCC1. The largest absolute Gasteiger partial charge is 0.481 e. The number of carboxylic acids is 1. The second-order valence-electron chi connectivity index (χ2n) is 4.51. The number of nitrogens with zero attached hydrogens (tertiary/aromatic N) is 2. The Hall–Kier alpha value is -1.75. The number of rotatable bonds is 3. The molecule has 0 saturated heterocycles. The van der Waals surface area contributed by atoms with Crippen molar-refractivity contribution in [1.29, 1.82) is 0 Å². The van der Waals surface area contributed by atoms with E-state index < -0.39 is 11.4 Å². The molecule has 1 fully saturated rings. The van der Waals surface area contributed by atoms with E-state index in [0.717, 1.165) is 17.0 Å². The average Bonchev–Trinajstić information content (AvgIpc) is 2.78. The van der Waals surface area contributed by atoms with Crippen LogP contribution in [0.5, 0.6) is 0 Å². The van der Waals surface area contributed by atoms with Crippen LogP contribution in [0, 0.1) is 0 Å². The van der Waals surface area contributed by atoms with Crippen molar-refractivity contribution in [3.05, 3.63) is 35.6 Å². The second-order valence-corrected chi connectivity index (χ2v) is 5.37. The van der Waals surface area contributed by atoms with E-state index in [1.807, 2.05) is 17.5 Å². The minimum Gasteiger partial charge on any atom is -0.481 e. The maximum Gasteiger partial charge on any atom is 0.315 e. The van der Waals surface area contributed by atoms with E-state index in [9.17, 15) is 9.90 Å². The van der Waals surface area contributed by atoms with Crippen molar-refractivity contribution < 1.29 is 9.90 Å². The first-order valence-corrected chi connectivity index (χ1v) is 6.70. The fourth-order valence-corrected chi connectivity index (χ4v) is 3.16. The summed E-state index contributed by atoms with van der Waals surface area (Å²) in [6, 6.07) is 3.77. The predicted molar refractivity (Wildman–Crippen MR) is 68.5 cm³/mol. The molecule has 1 aliphatic carbocycles. The van der Waals surface area contributed by atoms with Crippen LogP contribution >= 0.6 is 11.3 Å². The number of carboxylic acid groups (broad SMARTS) is 1. The Morgan fingerprint density at radius 2 is 2.06 bits per heavy atom. The molecule has 3 rings (SSSR count). The summed E-state index contributed by atoms with van der Waals surface area (Å²) in [6.07, 6.45) is 5.79. The number of aromatic nitrogens is 2. The number of aliphatic carboxylic acids is 1. The monoisotopic (exact) mass is 260 g/mol. The third-order valence-corrected chi connectivity index (χ3v) is 4.43. The van der Waals surface area contributed by atoms with Gasteiger partial charge in [0.05, 0.1) is 5.69 Å². The zero-order valence-electron chi connectivity index (χ0n) is 9.67. The van der Waals surface area contributed by atoms with Gasteiger partial charge in [0.1, 0.15) is 10.4 Å². The number of carbonyl (C=O) groups is 1. The van der Waals surface area contributed by atoms with Crippen LogP contribution in [-0.4, -0.2) is 21.0 Å². The topological polar surface area (TPSA) is 63.1 Å². The fourth-order valence-electron chi connectivity index (χ4n) is 2.23. The van der Waals surface area contributed by atoms with Gasteiger partial charge in [-0.15, -0.1) is 11.3 Å². The molecular weight excluding hydrogens is 248 g/mol. The molecule has 5 heteroatoms. The van der Waals surface area contributed by atoms with Gasteiger partial charge in [-0.05, 0) is 25.0 Å². The highest BCUT2D eigenvalue weighted by Gasteiger charge is 2.47. The van der Waals surface area contributed by atoms with Crippen molar-refractivity contribution in [2.75, 3.05) is 0 Å². The summed E-state index contributed by atoms with van der Waals surface area (Å²) in [7, 11) is 0. The molecule has 4 nitrogen and oxygen atoms in total. The molecule has 0 atom stereocenters. The molecule has 92 valence electrons. The van der Waals surface area contributed by atoms with Crippen LogP contribution in [0.15, 0.2) is 29.9 Å². The van der Waals surface area contributed by atoms with Crippen LogP contribution in [0.1, 0.15) is 25.0 Å². The van der Waals surface area contributed by atoms with Crippen LogP contribution in [0.4, 0.5) is 0 Å². The van der Waals surface area contributed by atoms with Crippen molar-refractivity contribution in [3.8, 4) is 10.6 Å². The van der Waals surface area contributed by atoms with Crippen molar-refractivity contribution in [3.63, 3.8) is 0 Å². The Morgan fingerprint density at radius 3 is 2.61 bits per heavy atom. The van der Waals surface area contributed by atoms with Gasteiger partial charge in [0.2, 0.25) is 0 Å². The molecule has 0 bridgehead atoms. The molecule has 1 aliphatic rings. The molecule has 18 heavy (non-hydrogen) atoms. The van der Waals surface area contributed by atoms with Crippen LogP contribution < -0.4 is 0 Å². The molecule has 0 amide bonds. The molecule has 0 aromatic carbocycles. The van der Waals surface area contributed by atoms with Gasteiger partial charge < -0.3 is 5.11 Å². The molecule has 2 aromatic heterocycles. The van der Waals surface area contributed by atoms with Gasteiger partial charge in [-0.1, -0.05) is 6.42 Å². The van der Waals surface area contributed by atoms with E-state index in [-0.39, 0.29) is 0 Å². The molecule has 1 saturated carbocycles. The predicted octanol–water partition coefficient (Wildman–Crippen LogP) is 2.71. The molecule has 0 aliphatic heterocycles. The van der Waals surface area contributed by atoms with Crippen molar-refractivity contribution >= 4 is 17.3 Å². The Balaban J connectivity index is 1.97. The maximum atomic E-state index is 11.4. The van der Waals surface area contributed by atoms with E-state index in [2.05, 4.69) is 9.97 Å². The number of hydrogen-bond acceptors (Lipinski definition) is 4. The summed E-state index contributed by atoms with van der Waals surface area (Å²) in [5, 5.41) is 12.1. The third-order valence-electron chi connectivity index (χ3n) is 3.54. The first-order valence-electron chi connectivity index (χ1n) is 5.82. The minimum absolute atomic E-state index is 0.696. The first kappa shape index (κ1) is 11.3. The molecule has 0 radical (unpaired) electrons. The van der Waals surface area contributed by atoms with Gasteiger partial charge in [-0.25, -0.2) is 4.98 Å². The standard InChI is InChI=1S/C13H12N2O2S/c16-12(17)13(4-1-5-13)10-8-18-11(15-10)9-2-6-14-7-3-9/h2-3,6-8H,1,4-5H2,(H,16,17). The van der Waals surface area contributed by atoms with Gasteiger partial charge in [0.15, 0.2) is 0 Å². The summed E-state index contributed by atoms with van der Waals surface area (Å²) in [6.45, 7) is 0. The van der Waals surface area contributed by atoms with Crippen molar-refractivity contribution in [1.82, 2.24) is 9.97 Å². The van der Waals surface area contributed by atoms with Crippen LogP contribution in [-0.2, 0) is 10.2 Å². The first-order chi connectivity index (χ1) is 8.72. The Morgan fingerprint density at radius 1 is 1.33 bits per heavy atom. The molecule has 0 spiro atoms.